The largest absolute Gasteiger partial charge is 0.382 e. The Hall–Kier alpha value is -1.13. The van der Waals surface area contributed by atoms with E-state index in [2.05, 4.69) is 4.98 Å². The normalized spacial score (nSPS) is 13.2. The first-order valence-electron chi connectivity index (χ1n) is 5.35. The topological polar surface area (TPSA) is 27.1 Å². The fourth-order valence-corrected chi connectivity index (χ4v) is 2.11. The second-order valence-electron chi connectivity index (χ2n) is 4.00. The molecule has 0 unspecified atom stereocenters. The van der Waals surface area contributed by atoms with Gasteiger partial charge < -0.3 is 9.30 Å². The van der Waals surface area contributed by atoms with Crippen molar-refractivity contribution < 1.29 is 9.13 Å². The summed E-state index contributed by atoms with van der Waals surface area (Å²) in [4.78, 5) is 4.26. The van der Waals surface area contributed by atoms with Crippen LogP contribution in [0.3, 0.4) is 0 Å². The maximum atomic E-state index is 13.0. The van der Waals surface area contributed by atoms with Crippen LogP contribution in [-0.4, -0.2) is 29.9 Å². The van der Waals surface area contributed by atoms with Gasteiger partial charge in [0.05, 0.1) is 28.7 Å². The Morgan fingerprint density at radius 1 is 1.59 bits per heavy atom. The molecule has 0 N–H and O–H groups in total. The fourth-order valence-electron chi connectivity index (χ4n) is 1.96. The van der Waals surface area contributed by atoms with Crippen LogP contribution in [-0.2, 0) is 4.74 Å². The standard InChI is InChI=1S/C12H14ClFN2O/c1-8-6-16(10(4-14)7-17-2)11-3-9(13)5-15-12(8)11/h3,5-6,10H,4,7H2,1-2H3/t10-/m0/s1. The lowest BCUT2D eigenvalue weighted by Gasteiger charge is -2.15. The molecule has 0 aliphatic carbocycles. The summed E-state index contributed by atoms with van der Waals surface area (Å²) in [6.07, 6.45) is 3.49. The van der Waals surface area contributed by atoms with E-state index in [1.165, 1.54) is 0 Å². The van der Waals surface area contributed by atoms with Gasteiger partial charge in [-0.25, -0.2) is 4.39 Å². The molecule has 0 amide bonds. The second-order valence-corrected chi connectivity index (χ2v) is 4.44. The van der Waals surface area contributed by atoms with Crippen LogP contribution in [0.5, 0.6) is 0 Å². The molecule has 5 heteroatoms. The molecule has 0 saturated carbocycles. The summed E-state index contributed by atoms with van der Waals surface area (Å²) in [5.74, 6) is 0. The van der Waals surface area contributed by atoms with Crippen LogP contribution in [0.1, 0.15) is 11.6 Å². The Morgan fingerprint density at radius 2 is 2.35 bits per heavy atom. The minimum Gasteiger partial charge on any atom is -0.382 e. The molecule has 2 aromatic heterocycles. The summed E-state index contributed by atoms with van der Waals surface area (Å²) in [7, 11) is 1.56. The van der Waals surface area contributed by atoms with E-state index in [0.717, 1.165) is 16.6 Å². The molecule has 2 rings (SSSR count). The number of ether oxygens (including phenoxy) is 1. The first kappa shape index (κ1) is 12.3. The highest BCUT2D eigenvalue weighted by Crippen LogP contribution is 2.25. The molecule has 0 bridgehead atoms. The van der Waals surface area contributed by atoms with E-state index in [-0.39, 0.29) is 6.04 Å². The molecule has 17 heavy (non-hydrogen) atoms. The fraction of sp³-hybridized carbons (Fsp3) is 0.417. The van der Waals surface area contributed by atoms with E-state index >= 15 is 0 Å². The van der Waals surface area contributed by atoms with Gasteiger partial charge in [-0.1, -0.05) is 11.6 Å². The monoisotopic (exact) mass is 256 g/mol. The summed E-state index contributed by atoms with van der Waals surface area (Å²) >= 11 is 5.92. The zero-order valence-electron chi connectivity index (χ0n) is 9.78. The summed E-state index contributed by atoms with van der Waals surface area (Å²) in [5, 5.41) is 0.548. The number of aryl methyl sites for hydroxylation is 1. The van der Waals surface area contributed by atoms with E-state index < -0.39 is 6.67 Å². The molecular weight excluding hydrogens is 243 g/mol. The number of nitrogens with zero attached hydrogens (tertiary/aromatic N) is 2. The van der Waals surface area contributed by atoms with Crippen LogP contribution in [0.15, 0.2) is 18.5 Å². The Balaban J connectivity index is 2.56. The SMILES string of the molecule is COC[C@H](CF)n1cc(C)c2ncc(Cl)cc21. The lowest BCUT2D eigenvalue weighted by molar-refractivity contribution is 0.142. The van der Waals surface area contributed by atoms with Crippen LogP contribution in [0.4, 0.5) is 4.39 Å². The number of pyridine rings is 1. The highest BCUT2D eigenvalue weighted by molar-refractivity contribution is 6.31. The lowest BCUT2D eigenvalue weighted by atomic mass is 10.3. The molecule has 0 aliphatic heterocycles. The molecular formula is C12H14ClFN2O. The third-order valence-corrected chi connectivity index (χ3v) is 2.96. The van der Waals surface area contributed by atoms with Crippen molar-refractivity contribution in [3.8, 4) is 0 Å². The van der Waals surface area contributed by atoms with Gasteiger partial charge in [-0.3, -0.25) is 4.98 Å². The van der Waals surface area contributed by atoms with Crippen LogP contribution >= 0.6 is 11.6 Å². The maximum absolute atomic E-state index is 13.0. The predicted molar refractivity (Wildman–Crippen MR) is 66.4 cm³/mol. The smallest absolute Gasteiger partial charge is 0.112 e. The van der Waals surface area contributed by atoms with E-state index in [1.807, 2.05) is 17.7 Å². The molecule has 0 spiro atoms. The molecule has 0 radical (unpaired) electrons. The quantitative estimate of drug-likeness (QED) is 0.840. The minimum atomic E-state index is -0.483. The van der Waals surface area contributed by atoms with Crippen molar-refractivity contribution in [2.24, 2.45) is 0 Å². The Morgan fingerprint density at radius 3 is 3.00 bits per heavy atom. The summed E-state index contributed by atoms with van der Waals surface area (Å²) in [5.41, 5.74) is 2.70. The van der Waals surface area contributed by atoms with Crippen molar-refractivity contribution in [3.63, 3.8) is 0 Å². The van der Waals surface area contributed by atoms with Gasteiger partial charge in [0, 0.05) is 19.5 Å². The number of hydrogen-bond acceptors (Lipinski definition) is 2. The lowest BCUT2D eigenvalue weighted by Crippen LogP contribution is -2.15. The van der Waals surface area contributed by atoms with Gasteiger partial charge in [0.25, 0.3) is 0 Å². The molecule has 0 fully saturated rings. The third-order valence-electron chi connectivity index (χ3n) is 2.75. The maximum Gasteiger partial charge on any atom is 0.112 e. The average molecular weight is 257 g/mol. The van der Waals surface area contributed by atoms with Gasteiger partial charge in [-0.2, -0.15) is 0 Å². The zero-order chi connectivity index (χ0) is 12.4. The van der Waals surface area contributed by atoms with Crippen LogP contribution in [0.25, 0.3) is 11.0 Å². The number of fused-ring (bicyclic) bond motifs is 1. The van der Waals surface area contributed by atoms with Crippen molar-refractivity contribution in [3.05, 3.63) is 29.0 Å². The van der Waals surface area contributed by atoms with Crippen molar-refractivity contribution in [1.29, 1.82) is 0 Å². The minimum absolute atomic E-state index is 0.326. The van der Waals surface area contributed by atoms with Crippen LogP contribution < -0.4 is 0 Å². The zero-order valence-corrected chi connectivity index (χ0v) is 10.5. The number of rotatable bonds is 4. The highest BCUT2D eigenvalue weighted by atomic mass is 35.5. The summed E-state index contributed by atoms with van der Waals surface area (Å²) < 4.78 is 19.9. The molecule has 3 nitrogen and oxygen atoms in total. The van der Waals surface area contributed by atoms with Gasteiger partial charge in [0.2, 0.25) is 0 Å². The Labute approximate surface area is 104 Å². The third kappa shape index (κ3) is 2.28. The number of hydrogen-bond donors (Lipinski definition) is 0. The Kier molecular flexibility index (Phi) is 3.64. The molecule has 2 aromatic rings. The summed E-state index contributed by atoms with van der Waals surface area (Å²) in [6, 6.07) is 1.46. The van der Waals surface area contributed by atoms with Crippen LogP contribution in [0.2, 0.25) is 5.02 Å². The van der Waals surface area contributed by atoms with Crippen molar-refractivity contribution in [2.45, 2.75) is 13.0 Å². The first-order chi connectivity index (χ1) is 8.17. The first-order valence-corrected chi connectivity index (χ1v) is 5.72. The van der Waals surface area contributed by atoms with Gasteiger partial charge in [-0.05, 0) is 18.6 Å². The predicted octanol–water partition coefficient (Wildman–Crippen LogP) is 3.16. The second kappa shape index (κ2) is 5.02. The highest BCUT2D eigenvalue weighted by Gasteiger charge is 2.15. The Bertz CT molecular complexity index is 526. The van der Waals surface area contributed by atoms with E-state index in [0.29, 0.717) is 11.6 Å². The van der Waals surface area contributed by atoms with Crippen molar-refractivity contribution >= 4 is 22.6 Å². The molecule has 1 atom stereocenters. The van der Waals surface area contributed by atoms with Gasteiger partial charge in [0.15, 0.2) is 0 Å². The van der Waals surface area contributed by atoms with E-state index in [1.54, 1.807) is 19.4 Å². The number of alkyl halides is 1. The summed E-state index contributed by atoms with van der Waals surface area (Å²) in [6.45, 7) is 1.79. The molecule has 92 valence electrons. The van der Waals surface area contributed by atoms with E-state index in [4.69, 9.17) is 16.3 Å². The van der Waals surface area contributed by atoms with Gasteiger partial charge in [-0.15, -0.1) is 0 Å². The molecule has 2 heterocycles. The van der Waals surface area contributed by atoms with Gasteiger partial charge in [0.1, 0.15) is 6.67 Å². The van der Waals surface area contributed by atoms with Crippen molar-refractivity contribution in [1.82, 2.24) is 9.55 Å². The average Bonchev–Trinajstić information content (AvgIpc) is 2.63. The number of halogens is 2. The van der Waals surface area contributed by atoms with Crippen LogP contribution in [0, 0.1) is 6.92 Å². The van der Waals surface area contributed by atoms with Gasteiger partial charge >= 0.3 is 0 Å². The number of aromatic nitrogens is 2. The number of methoxy groups -OCH3 is 1. The van der Waals surface area contributed by atoms with E-state index in [9.17, 15) is 4.39 Å². The van der Waals surface area contributed by atoms with Crippen molar-refractivity contribution in [2.75, 3.05) is 20.4 Å². The molecule has 0 saturated heterocycles. The molecule has 0 aromatic carbocycles. The molecule has 0 aliphatic rings.